The number of carbonyl (C=O) groups is 2. The molecule has 106 valence electrons. The molecule has 1 aliphatic carbocycles. The van der Waals surface area contributed by atoms with Crippen LogP contribution in [0.3, 0.4) is 0 Å². The first-order chi connectivity index (χ1) is 9.65. The molecule has 1 unspecified atom stereocenters. The molecule has 0 bridgehead atoms. The molecule has 2 rings (SSSR count). The molecule has 0 saturated heterocycles. The van der Waals surface area contributed by atoms with Crippen molar-refractivity contribution < 1.29 is 9.59 Å². The van der Waals surface area contributed by atoms with Gasteiger partial charge >= 0.3 is 0 Å². The number of hydrogen-bond donors (Lipinski definition) is 0. The number of carbonyl (C=O) groups excluding carboxylic acids is 2. The molecule has 2 nitrogen and oxygen atoms in total. The van der Waals surface area contributed by atoms with Crippen molar-refractivity contribution in [3.05, 3.63) is 47.0 Å². The van der Waals surface area contributed by atoms with Gasteiger partial charge in [-0.05, 0) is 18.4 Å². The second-order valence-electron chi connectivity index (χ2n) is 5.59. The van der Waals surface area contributed by atoms with E-state index in [0.717, 1.165) is 12.8 Å². The second-order valence-corrected chi connectivity index (χ2v) is 5.59. The third-order valence-corrected chi connectivity index (χ3v) is 4.01. The highest BCUT2D eigenvalue weighted by Crippen LogP contribution is 2.28. The van der Waals surface area contributed by atoms with Crippen LogP contribution in [-0.4, -0.2) is 11.6 Å². The summed E-state index contributed by atoms with van der Waals surface area (Å²) in [4.78, 5) is 24.6. The number of allylic oxidation sites excluding steroid dienone is 2. The van der Waals surface area contributed by atoms with Crippen LogP contribution in [-0.2, 0) is 0 Å². The van der Waals surface area contributed by atoms with Gasteiger partial charge in [-0.15, -0.1) is 0 Å². The Kier molecular flexibility index (Phi) is 4.89. The number of rotatable bonds is 6. The summed E-state index contributed by atoms with van der Waals surface area (Å²) in [7, 11) is 0. The minimum atomic E-state index is -0.0318. The van der Waals surface area contributed by atoms with Crippen molar-refractivity contribution in [3.8, 4) is 0 Å². The first kappa shape index (κ1) is 14.7. The summed E-state index contributed by atoms with van der Waals surface area (Å²) in [5.74, 6) is 0.162. The molecule has 2 heteroatoms. The fourth-order valence-electron chi connectivity index (χ4n) is 2.73. The minimum absolute atomic E-state index is 0.0307. The molecule has 0 aromatic heterocycles. The van der Waals surface area contributed by atoms with E-state index in [1.54, 1.807) is 24.3 Å². The Morgan fingerprint density at radius 2 is 1.70 bits per heavy atom. The van der Waals surface area contributed by atoms with Gasteiger partial charge < -0.3 is 0 Å². The van der Waals surface area contributed by atoms with E-state index in [9.17, 15) is 9.59 Å². The summed E-state index contributed by atoms with van der Waals surface area (Å²) in [5, 5.41) is 0. The molecule has 0 N–H and O–H groups in total. The van der Waals surface area contributed by atoms with E-state index in [2.05, 4.69) is 13.8 Å². The highest BCUT2D eigenvalue weighted by Gasteiger charge is 2.27. The Bertz CT molecular complexity index is 540. The van der Waals surface area contributed by atoms with Crippen molar-refractivity contribution in [2.75, 3.05) is 0 Å². The molecular weight excluding hydrogens is 248 g/mol. The molecule has 0 fully saturated rings. The van der Waals surface area contributed by atoms with Crippen molar-refractivity contribution in [1.29, 1.82) is 0 Å². The van der Waals surface area contributed by atoms with Crippen molar-refractivity contribution in [2.24, 2.45) is 5.92 Å². The predicted molar refractivity (Wildman–Crippen MR) is 81.1 cm³/mol. The summed E-state index contributed by atoms with van der Waals surface area (Å²) in [6.45, 7) is 4.24. The van der Waals surface area contributed by atoms with Gasteiger partial charge in [0, 0.05) is 16.7 Å². The van der Waals surface area contributed by atoms with Gasteiger partial charge in [0.25, 0.3) is 0 Å². The quantitative estimate of drug-likeness (QED) is 0.708. The Morgan fingerprint density at radius 3 is 2.40 bits per heavy atom. The first-order valence-electron chi connectivity index (χ1n) is 7.54. The van der Waals surface area contributed by atoms with Gasteiger partial charge in [0.15, 0.2) is 11.6 Å². The van der Waals surface area contributed by atoms with Crippen LogP contribution < -0.4 is 0 Å². The van der Waals surface area contributed by atoms with E-state index in [1.165, 1.54) is 19.3 Å². The van der Waals surface area contributed by atoms with Crippen LogP contribution in [0.5, 0.6) is 0 Å². The fraction of sp³-hybridized carbons (Fsp3) is 0.444. The standard InChI is InChI=1S/C18H22O2/c1-3-4-5-6-9-13(2)16-12-17(19)14-10-7-8-11-15(14)18(16)20/h7-8,10-13H,3-6,9H2,1-2H3. The number of hydrogen-bond acceptors (Lipinski definition) is 2. The highest BCUT2D eigenvalue weighted by molar-refractivity contribution is 6.24. The average molecular weight is 270 g/mol. The van der Waals surface area contributed by atoms with Gasteiger partial charge in [-0.1, -0.05) is 63.8 Å². The fourth-order valence-corrected chi connectivity index (χ4v) is 2.73. The summed E-state index contributed by atoms with van der Waals surface area (Å²) in [5.41, 5.74) is 1.79. The number of fused-ring (bicyclic) bond motifs is 1. The van der Waals surface area contributed by atoms with Crippen molar-refractivity contribution in [3.63, 3.8) is 0 Å². The largest absolute Gasteiger partial charge is 0.289 e. The molecule has 1 aromatic rings. The van der Waals surface area contributed by atoms with Crippen LogP contribution in [0.25, 0.3) is 0 Å². The highest BCUT2D eigenvalue weighted by atomic mass is 16.1. The monoisotopic (exact) mass is 270 g/mol. The Labute approximate surface area is 120 Å². The predicted octanol–water partition coefficient (Wildman–Crippen LogP) is 4.60. The van der Waals surface area contributed by atoms with Crippen LogP contribution in [0.15, 0.2) is 35.9 Å². The molecule has 0 radical (unpaired) electrons. The van der Waals surface area contributed by atoms with Crippen LogP contribution in [0.4, 0.5) is 0 Å². The second kappa shape index (κ2) is 6.65. The molecule has 0 aliphatic heterocycles. The smallest absolute Gasteiger partial charge is 0.190 e. The molecule has 0 amide bonds. The lowest BCUT2D eigenvalue weighted by Gasteiger charge is -2.20. The van der Waals surface area contributed by atoms with Crippen molar-refractivity contribution in [2.45, 2.75) is 46.0 Å². The maximum absolute atomic E-state index is 12.5. The normalized spacial score (nSPS) is 15.8. The lowest BCUT2D eigenvalue weighted by molar-refractivity contribution is 0.0975. The zero-order valence-corrected chi connectivity index (χ0v) is 12.3. The zero-order chi connectivity index (χ0) is 14.5. The van der Waals surface area contributed by atoms with Crippen molar-refractivity contribution >= 4 is 11.6 Å². The summed E-state index contributed by atoms with van der Waals surface area (Å²) >= 11 is 0. The Hall–Kier alpha value is -1.70. The summed E-state index contributed by atoms with van der Waals surface area (Å²) < 4.78 is 0. The summed E-state index contributed by atoms with van der Waals surface area (Å²) in [6.07, 6.45) is 7.30. The molecular formula is C18H22O2. The van der Waals surface area contributed by atoms with Gasteiger partial charge in [-0.3, -0.25) is 9.59 Å². The molecule has 20 heavy (non-hydrogen) atoms. The van der Waals surface area contributed by atoms with Crippen LogP contribution >= 0.6 is 0 Å². The minimum Gasteiger partial charge on any atom is -0.289 e. The molecule has 0 heterocycles. The number of unbranched alkanes of at least 4 members (excludes halogenated alkanes) is 3. The third-order valence-electron chi connectivity index (χ3n) is 4.01. The topological polar surface area (TPSA) is 34.1 Å². The van der Waals surface area contributed by atoms with E-state index in [0.29, 0.717) is 16.7 Å². The number of ketones is 2. The Morgan fingerprint density at radius 1 is 1.00 bits per heavy atom. The van der Waals surface area contributed by atoms with E-state index in [4.69, 9.17) is 0 Å². The van der Waals surface area contributed by atoms with Crippen LogP contribution in [0.1, 0.15) is 66.7 Å². The van der Waals surface area contributed by atoms with E-state index in [-0.39, 0.29) is 17.5 Å². The van der Waals surface area contributed by atoms with Gasteiger partial charge in [0.05, 0.1) is 0 Å². The van der Waals surface area contributed by atoms with E-state index in [1.807, 2.05) is 6.07 Å². The average Bonchev–Trinajstić information content (AvgIpc) is 2.47. The number of benzene rings is 1. The number of Topliss-reactive ketones (excluding diaryl/α,β-unsaturated/α-hetero) is 1. The van der Waals surface area contributed by atoms with E-state index < -0.39 is 0 Å². The maximum Gasteiger partial charge on any atom is 0.190 e. The lowest BCUT2D eigenvalue weighted by Crippen LogP contribution is -2.20. The Balaban J connectivity index is 2.10. The lowest BCUT2D eigenvalue weighted by atomic mass is 9.82. The molecule has 1 aliphatic rings. The van der Waals surface area contributed by atoms with Crippen LogP contribution in [0, 0.1) is 5.92 Å². The molecule has 0 spiro atoms. The van der Waals surface area contributed by atoms with E-state index >= 15 is 0 Å². The van der Waals surface area contributed by atoms with Gasteiger partial charge in [0.2, 0.25) is 0 Å². The maximum atomic E-state index is 12.5. The first-order valence-corrected chi connectivity index (χ1v) is 7.54. The van der Waals surface area contributed by atoms with Crippen molar-refractivity contribution in [1.82, 2.24) is 0 Å². The zero-order valence-electron chi connectivity index (χ0n) is 12.3. The SMILES string of the molecule is CCCCCCC(C)C1=CC(=O)c2ccccc2C1=O. The molecule has 1 atom stereocenters. The van der Waals surface area contributed by atoms with Gasteiger partial charge in [-0.25, -0.2) is 0 Å². The van der Waals surface area contributed by atoms with Crippen LogP contribution in [0.2, 0.25) is 0 Å². The van der Waals surface area contributed by atoms with Gasteiger partial charge in [-0.2, -0.15) is 0 Å². The molecule has 1 aromatic carbocycles. The summed E-state index contributed by atoms with van der Waals surface area (Å²) in [6, 6.07) is 7.11. The van der Waals surface area contributed by atoms with Gasteiger partial charge in [0.1, 0.15) is 0 Å². The third kappa shape index (κ3) is 3.06. The molecule has 0 saturated carbocycles.